The van der Waals surface area contributed by atoms with Crippen LogP contribution in [0.5, 0.6) is 0 Å². The van der Waals surface area contributed by atoms with Crippen molar-refractivity contribution in [1.29, 1.82) is 0 Å². The third-order valence-corrected chi connectivity index (χ3v) is 4.87. The Morgan fingerprint density at radius 2 is 1.21 bits per heavy atom. The fourth-order valence-electron chi connectivity index (χ4n) is 2.95. The Morgan fingerprint density at radius 3 is 1.86 bits per heavy atom. The summed E-state index contributed by atoms with van der Waals surface area (Å²) in [6.07, 6.45) is 0. The molecule has 2 N–H and O–H groups in total. The second-order valence-electron chi connectivity index (χ2n) is 6.27. The average molecular weight is 448 g/mol. The van der Waals surface area contributed by atoms with Crippen LogP contribution in [-0.2, 0) is 9.59 Å². The molecule has 0 aliphatic carbocycles. The van der Waals surface area contributed by atoms with Gasteiger partial charge in [-0.25, -0.2) is 4.99 Å². The van der Waals surface area contributed by atoms with Gasteiger partial charge in [-0.05, 0) is 42.5 Å². The first-order valence-electron chi connectivity index (χ1n) is 8.72. The molecule has 2 aliphatic heterocycles. The molecule has 29 heavy (non-hydrogen) atoms. The zero-order valence-corrected chi connectivity index (χ0v) is 16.6. The number of aliphatic imine (C=N–C) groups is 1. The van der Waals surface area contributed by atoms with E-state index in [9.17, 15) is 14.4 Å². The molecule has 6 nitrogen and oxygen atoms in total. The molecule has 0 atom stereocenters. The summed E-state index contributed by atoms with van der Waals surface area (Å²) in [5.41, 5.74) is 3.98. The van der Waals surface area contributed by atoms with Crippen LogP contribution in [0.1, 0.15) is 15.9 Å². The van der Waals surface area contributed by atoms with Gasteiger partial charge in [0, 0.05) is 10.0 Å². The number of fused-ring (bicyclic) bond motifs is 2. The Morgan fingerprint density at radius 1 is 0.655 bits per heavy atom. The van der Waals surface area contributed by atoms with Crippen LogP contribution in [0.25, 0.3) is 0 Å². The van der Waals surface area contributed by atoms with Gasteiger partial charge in [-0.3, -0.25) is 14.4 Å². The highest BCUT2D eigenvalue weighted by atomic mass is 79.9. The van der Waals surface area contributed by atoms with Crippen molar-refractivity contribution in [3.63, 3.8) is 0 Å². The summed E-state index contributed by atoms with van der Waals surface area (Å²) < 4.78 is 0.989. The van der Waals surface area contributed by atoms with Gasteiger partial charge in [-0.15, -0.1) is 0 Å². The van der Waals surface area contributed by atoms with Gasteiger partial charge in [0.1, 0.15) is 5.71 Å². The first kappa shape index (κ1) is 18.8. The lowest BCUT2D eigenvalue weighted by atomic mass is 10.1. The number of halogens is 1. The molecule has 0 unspecified atom stereocenters. The summed E-state index contributed by atoms with van der Waals surface area (Å²) in [6, 6.07) is 21.9. The van der Waals surface area contributed by atoms with Gasteiger partial charge in [0.25, 0.3) is 17.6 Å². The van der Waals surface area contributed by atoms with Crippen molar-refractivity contribution in [2.45, 2.75) is 0 Å². The van der Waals surface area contributed by atoms with Gasteiger partial charge in [0.2, 0.25) is 0 Å². The molecule has 2 aliphatic rings. The minimum atomic E-state index is -0.536. The van der Waals surface area contributed by atoms with E-state index in [4.69, 9.17) is 0 Å². The normalized spacial score (nSPS) is 15.2. The number of benzene rings is 3. The van der Waals surface area contributed by atoms with E-state index < -0.39 is 11.7 Å². The van der Waals surface area contributed by atoms with Crippen molar-refractivity contribution in [1.82, 2.24) is 0 Å². The van der Waals surface area contributed by atoms with E-state index in [0.717, 1.165) is 21.4 Å². The molecule has 0 aromatic heterocycles. The lowest BCUT2D eigenvalue weighted by Crippen LogP contribution is -2.13. The van der Waals surface area contributed by atoms with E-state index >= 15 is 0 Å². The van der Waals surface area contributed by atoms with E-state index in [0.29, 0.717) is 17.0 Å². The number of ketones is 1. The first-order chi connectivity index (χ1) is 14.0. The molecule has 0 saturated carbocycles. The van der Waals surface area contributed by atoms with Crippen LogP contribution in [0, 0.1) is 0 Å². The molecule has 3 aromatic carbocycles. The quantitative estimate of drug-likeness (QED) is 0.543. The molecule has 7 heteroatoms. The monoisotopic (exact) mass is 447 g/mol. The van der Waals surface area contributed by atoms with Crippen molar-refractivity contribution in [3.8, 4) is 0 Å². The zero-order valence-electron chi connectivity index (χ0n) is 15.0. The highest BCUT2D eigenvalue weighted by molar-refractivity contribution is 9.10. The smallest absolute Gasteiger partial charge is 0.296 e. The largest absolute Gasteiger partial charge is 0.320 e. The van der Waals surface area contributed by atoms with E-state index in [1.807, 2.05) is 48.5 Å². The van der Waals surface area contributed by atoms with Crippen molar-refractivity contribution in [2.75, 3.05) is 10.6 Å². The van der Waals surface area contributed by atoms with Crippen LogP contribution in [0.2, 0.25) is 0 Å². The number of para-hydroxylation sites is 2. The first-order valence-corrected chi connectivity index (χ1v) is 9.52. The maximum Gasteiger partial charge on any atom is 0.296 e. The molecule has 0 saturated heterocycles. The molecule has 0 fully saturated rings. The van der Waals surface area contributed by atoms with Crippen LogP contribution in [0.3, 0.4) is 0 Å². The Hall–Kier alpha value is -3.58. The van der Waals surface area contributed by atoms with Crippen LogP contribution in [-0.4, -0.2) is 23.3 Å². The molecule has 0 radical (unpaired) electrons. The van der Waals surface area contributed by atoms with Gasteiger partial charge in [-0.1, -0.05) is 46.3 Å². The third kappa shape index (κ3) is 3.86. The summed E-state index contributed by atoms with van der Waals surface area (Å²) >= 11 is 3.37. The minimum absolute atomic E-state index is 0.154. The molecular weight excluding hydrogens is 434 g/mol. The number of rotatable bonds is 1. The van der Waals surface area contributed by atoms with Gasteiger partial charge in [0.15, 0.2) is 0 Å². The van der Waals surface area contributed by atoms with Gasteiger partial charge < -0.3 is 10.6 Å². The number of carbonyl (C=O) groups is 3. The van der Waals surface area contributed by atoms with E-state index in [1.54, 1.807) is 24.3 Å². The fourth-order valence-corrected chi connectivity index (χ4v) is 3.21. The van der Waals surface area contributed by atoms with Gasteiger partial charge in [0.05, 0.1) is 22.6 Å². The number of amides is 2. The van der Waals surface area contributed by atoms with Crippen molar-refractivity contribution in [3.05, 3.63) is 88.4 Å². The molecule has 0 spiro atoms. The highest BCUT2D eigenvalue weighted by Crippen LogP contribution is 2.26. The maximum atomic E-state index is 11.9. The number of hydrogen-bond acceptors (Lipinski definition) is 4. The van der Waals surface area contributed by atoms with Crippen molar-refractivity contribution in [2.24, 2.45) is 4.99 Å². The summed E-state index contributed by atoms with van der Waals surface area (Å²) in [4.78, 5) is 38.0. The Labute approximate surface area is 174 Å². The second kappa shape index (κ2) is 7.81. The number of hydrogen-bond donors (Lipinski definition) is 2. The Kier molecular flexibility index (Phi) is 5.05. The van der Waals surface area contributed by atoms with Crippen molar-refractivity contribution < 1.29 is 14.4 Å². The van der Waals surface area contributed by atoms with Crippen LogP contribution in [0.15, 0.2) is 82.3 Å². The minimum Gasteiger partial charge on any atom is -0.320 e. The van der Waals surface area contributed by atoms with Crippen LogP contribution in [0.4, 0.5) is 17.1 Å². The highest BCUT2D eigenvalue weighted by Gasteiger charge is 2.27. The summed E-state index contributed by atoms with van der Waals surface area (Å²) in [6.45, 7) is 0. The number of Topliss-reactive ketones (excluding diaryl/α,β-unsaturated/α-hetero) is 1. The Bertz CT molecular complexity index is 1170. The number of carbonyl (C=O) groups excluding carboxylic acids is 3. The molecular formula is C22H14BrN3O3. The summed E-state index contributed by atoms with van der Waals surface area (Å²) in [7, 11) is 0. The number of nitrogens with one attached hydrogen (secondary N) is 2. The average Bonchev–Trinajstić information content (AvgIpc) is 3.20. The molecule has 0 bridgehead atoms. The van der Waals surface area contributed by atoms with E-state index in [-0.39, 0.29) is 5.91 Å². The number of anilines is 2. The predicted octanol–water partition coefficient (Wildman–Crippen LogP) is 4.34. The lowest BCUT2D eigenvalue weighted by Gasteiger charge is -1.98. The molecule has 2 amide bonds. The molecule has 142 valence electrons. The van der Waals surface area contributed by atoms with Gasteiger partial charge in [-0.2, -0.15) is 0 Å². The lowest BCUT2D eigenvalue weighted by molar-refractivity contribution is -0.112. The van der Waals surface area contributed by atoms with E-state index in [2.05, 4.69) is 31.6 Å². The van der Waals surface area contributed by atoms with Crippen LogP contribution >= 0.6 is 15.9 Å². The van der Waals surface area contributed by atoms with E-state index in [1.165, 1.54) is 0 Å². The molecule has 5 rings (SSSR count). The SMILES string of the molecule is O=C1Nc2ccccc2C1=Nc1ccc(Br)cc1.O=C1Nc2ccccc2C1=O. The molecule has 2 heterocycles. The topological polar surface area (TPSA) is 87.6 Å². The molecule has 3 aromatic rings. The van der Waals surface area contributed by atoms with Crippen molar-refractivity contribution >= 4 is 56.3 Å². The standard InChI is InChI=1S/C14H9BrN2O.C8H5NO2/c15-9-5-7-10(8-6-9)16-13-11-3-1-2-4-12(11)17-14(13)18;10-7-5-3-1-2-4-6(5)9-8(7)11/h1-8H,(H,16,17,18);1-4H,(H,9,10,11). The number of nitrogens with zero attached hydrogens (tertiary/aromatic N) is 1. The zero-order chi connectivity index (χ0) is 20.4. The predicted molar refractivity (Wildman–Crippen MR) is 115 cm³/mol. The van der Waals surface area contributed by atoms with Crippen LogP contribution < -0.4 is 10.6 Å². The summed E-state index contributed by atoms with van der Waals surface area (Å²) in [5, 5.41) is 5.26. The maximum absolute atomic E-state index is 11.9. The third-order valence-electron chi connectivity index (χ3n) is 4.34. The second-order valence-corrected chi connectivity index (χ2v) is 7.18. The van der Waals surface area contributed by atoms with Gasteiger partial charge >= 0.3 is 0 Å². The Balaban J connectivity index is 0.000000159. The fraction of sp³-hybridized carbons (Fsp3) is 0. The summed E-state index contributed by atoms with van der Waals surface area (Å²) in [5.74, 6) is -1.13.